The molecular formula is C22H28F4. The third-order valence-electron chi connectivity index (χ3n) is 6.34. The zero-order chi connectivity index (χ0) is 18.7. The van der Waals surface area contributed by atoms with E-state index in [2.05, 4.69) is 6.92 Å². The molecule has 1 fully saturated rings. The van der Waals surface area contributed by atoms with E-state index in [9.17, 15) is 17.6 Å². The highest BCUT2D eigenvalue weighted by atomic mass is 19.4. The molecule has 26 heavy (non-hydrogen) atoms. The van der Waals surface area contributed by atoms with Gasteiger partial charge in [0.2, 0.25) is 0 Å². The van der Waals surface area contributed by atoms with E-state index in [1.54, 1.807) is 0 Å². The Hall–Kier alpha value is -1.32. The van der Waals surface area contributed by atoms with Crippen molar-refractivity contribution in [1.29, 1.82) is 0 Å². The average Bonchev–Trinajstić information content (AvgIpc) is 2.62. The highest BCUT2D eigenvalue weighted by Crippen LogP contribution is 2.44. The summed E-state index contributed by atoms with van der Waals surface area (Å²) in [5.41, 5.74) is 0.0412. The highest BCUT2D eigenvalue weighted by Gasteiger charge is 2.35. The van der Waals surface area contributed by atoms with Crippen molar-refractivity contribution < 1.29 is 17.6 Å². The second kappa shape index (κ2) is 8.14. The van der Waals surface area contributed by atoms with Crippen LogP contribution < -0.4 is 0 Å². The lowest BCUT2D eigenvalue weighted by atomic mass is 9.70. The van der Waals surface area contributed by atoms with Crippen molar-refractivity contribution in [2.24, 2.45) is 17.8 Å². The van der Waals surface area contributed by atoms with Crippen molar-refractivity contribution in [3.05, 3.63) is 41.2 Å². The summed E-state index contributed by atoms with van der Waals surface area (Å²) in [6.07, 6.45) is 7.65. The molecule has 0 heterocycles. The van der Waals surface area contributed by atoms with E-state index in [0.29, 0.717) is 18.4 Å². The van der Waals surface area contributed by atoms with Gasteiger partial charge in [0.05, 0.1) is 5.56 Å². The molecule has 2 aliphatic carbocycles. The molecule has 0 aliphatic heterocycles. The maximum absolute atomic E-state index is 13.3. The van der Waals surface area contributed by atoms with Crippen LogP contribution in [-0.4, -0.2) is 0 Å². The fourth-order valence-corrected chi connectivity index (χ4v) is 4.91. The van der Waals surface area contributed by atoms with E-state index in [1.807, 2.05) is 6.08 Å². The van der Waals surface area contributed by atoms with Crippen LogP contribution in [0.3, 0.4) is 0 Å². The summed E-state index contributed by atoms with van der Waals surface area (Å²) >= 11 is 0. The quantitative estimate of drug-likeness (QED) is 0.479. The van der Waals surface area contributed by atoms with Crippen molar-refractivity contribution in [2.45, 2.75) is 70.9 Å². The van der Waals surface area contributed by atoms with Crippen LogP contribution in [0.4, 0.5) is 17.6 Å². The van der Waals surface area contributed by atoms with Gasteiger partial charge in [-0.15, -0.1) is 0 Å². The number of alkyl halides is 3. The minimum Gasteiger partial charge on any atom is -0.207 e. The van der Waals surface area contributed by atoms with E-state index < -0.39 is 17.6 Å². The molecule has 0 bridgehead atoms. The maximum atomic E-state index is 13.3. The summed E-state index contributed by atoms with van der Waals surface area (Å²) in [7, 11) is 0. The summed E-state index contributed by atoms with van der Waals surface area (Å²) in [6.45, 7) is 2.24. The van der Waals surface area contributed by atoms with E-state index in [-0.39, 0.29) is 5.56 Å². The Morgan fingerprint density at radius 2 is 1.73 bits per heavy atom. The maximum Gasteiger partial charge on any atom is 0.417 e. The third-order valence-corrected chi connectivity index (χ3v) is 6.34. The minimum absolute atomic E-state index is 0.156. The monoisotopic (exact) mass is 368 g/mol. The molecule has 0 N–H and O–H groups in total. The summed E-state index contributed by atoms with van der Waals surface area (Å²) in [5, 5.41) is 0. The topological polar surface area (TPSA) is 0 Å². The summed E-state index contributed by atoms with van der Waals surface area (Å²) < 4.78 is 53.1. The van der Waals surface area contributed by atoms with Crippen molar-refractivity contribution in [2.75, 3.05) is 0 Å². The van der Waals surface area contributed by atoms with Gasteiger partial charge in [0.15, 0.2) is 0 Å². The Morgan fingerprint density at radius 1 is 1.00 bits per heavy atom. The van der Waals surface area contributed by atoms with Gasteiger partial charge < -0.3 is 0 Å². The normalized spacial score (nSPS) is 27.3. The fourth-order valence-electron chi connectivity index (χ4n) is 4.91. The number of hydrogen-bond acceptors (Lipinski definition) is 0. The molecule has 1 aromatic carbocycles. The zero-order valence-electron chi connectivity index (χ0n) is 15.4. The molecule has 1 unspecified atom stereocenters. The third kappa shape index (κ3) is 4.50. The van der Waals surface area contributed by atoms with Crippen molar-refractivity contribution in [1.82, 2.24) is 0 Å². The Labute approximate surface area is 153 Å². The smallest absolute Gasteiger partial charge is 0.207 e. The van der Waals surface area contributed by atoms with Crippen LogP contribution in [0.1, 0.15) is 75.8 Å². The first-order valence-electron chi connectivity index (χ1n) is 9.94. The van der Waals surface area contributed by atoms with E-state index >= 15 is 0 Å². The molecule has 144 valence electrons. The Bertz CT molecular complexity index is 636. The van der Waals surface area contributed by atoms with Gasteiger partial charge in [0, 0.05) is 0 Å². The van der Waals surface area contributed by atoms with E-state index in [4.69, 9.17) is 0 Å². The number of halogens is 4. The van der Waals surface area contributed by atoms with Gasteiger partial charge in [-0.2, -0.15) is 13.2 Å². The summed E-state index contributed by atoms with van der Waals surface area (Å²) in [6, 6.07) is 3.05. The van der Waals surface area contributed by atoms with Crippen LogP contribution in [0, 0.1) is 23.6 Å². The van der Waals surface area contributed by atoms with Crippen molar-refractivity contribution >= 4 is 5.57 Å². The molecule has 1 saturated carbocycles. The second-order valence-electron chi connectivity index (χ2n) is 8.02. The van der Waals surface area contributed by atoms with Gasteiger partial charge in [0.1, 0.15) is 5.82 Å². The molecule has 1 atom stereocenters. The summed E-state index contributed by atoms with van der Waals surface area (Å²) in [4.78, 5) is 0. The lowest BCUT2D eigenvalue weighted by Gasteiger charge is -2.35. The largest absolute Gasteiger partial charge is 0.417 e. The molecular weight excluding hydrogens is 340 g/mol. The van der Waals surface area contributed by atoms with Gasteiger partial charge in [-0.3, -0.25) is 0 Å². The Morgan fingerprint density at radius 3 is 2.31 bits per heavy atom. The fraction of sp³-hybridized carbons (Fsp3) is 0.636. The molecule has 0 aromatic heterocycles. The molecule has 0 radical (unpaired) electrons. The number of hydrogen-bond donors (Lipinski definition) is 0. The average molecular weight is 368 g/mol. The molecule has 2 aliphatic rings. The van der Waals surface area contributed by atoms with Crippen LogP contribution in [0.15, 0.2) is 24.3 Å². The first-order valence-corrected chi connectivity index (χ1v) is 9.94. The van der Waals surface area contributed by atoms with Crippen molar-refractivity contribution in [3.63, 3.8) is 0 Å². The van der Waals surface area contributed by atoms with Gasteiger partial charge in [-0.05, 0) is 73.1 Å². The predicted molar refractivity (Wildman–Crippen MR) is 97.1 cm³/mol. The van der Waals surface area contributed by atoms with Crippen LogP contribution in [0.2, 0.25) is 0 Å². The van der Waals surface area contributed by atoms with Gasteiger partial charge >= 0.3 is 6.18 Å². The van der Waals surface area contributed by atoms with Crippen molar-refractivity contribution in [3.8, 4) is 0 Å². The second-order valence-corrected chi connectivity index (χ2v) is 8.02. The molecule has 4 heteroatoms. The Balaban J connectivity index is 1.67. The summed E-state index contributed by atoms with van der Waals surface area (Å²) in [5.74, 6) is 1.35. The standard InChI is InChI=1S/C22H28F4/c1-2-3-15-4-6-16(7-5-15)17-8-10-18(11-9-17)20-13-12-19(23)14-21(20)22(24,25)26/h10,12-17H,2-9,11H2,1H3. The number of benzene rings is 1. The van der Waals surface area contributed by atoms with Gasteiger partial charge in [-0.25, -0.2) is 4.39 Å². The van der Waals surface area contributed by atoms with Crippen LogP contribution >= 0.6 is 0 Å². The van der Waals surface area contributed by atoms with E-state index in [0.717, 1.165) is 36.3 Å². The molecule has 1 aromatic rings. The van der Waals surface area contributed by atoms with Crippen LogP contribution in [-0.2, 0) is 6.18 Å². The predicted octanol–water partition coefficient (Wildman–Crippen LogP) is 7.63. The number of rotatable bonds is 4. The van der Waals surface area contributed by atoms with Gasteiger partial charge in [-0.1, -0.05) is 44.7 Å². The number of allylic oxidation sites excluding steroid dienone is 2. The highest BCUT2D eigenvalue weighted by molar-refractivity contribution is 5.69. The minimum atomic E-state index is -4.52. The lowest BCUT2D eigenvalue weighted by molar-refractivity contribution is -0.138. The first-order chi connectivity index (χ1) is 12.4. The van der Waals surface area contributed by atoms with Gasteiger partial charge in [0.25, 0.3) is 0 Å². The van der Waals surface area contributed by atoms with E-state index in [1.165, 1.54) is 44.6 Å². The molecule has 3 rings (SSSR count). The van der Waals surface area contributed by atoms with Crippen LogP contribution in [0.5, 0.6) is 0 Å². The SMILES string of the molecule is CCCC1CCC(C2CC=C(c3ccc(F)cc3C(F)(F)F)CC2)CC1. The lowest BCUT2D eigenvalue weighted by Crippen LogP contribution is -2.23. The zero-order valence-corrected chi connectivity index (χ0v) is 15.4. The molecule has 0 saturated heterocycles. The molecule has 0 amide bonds. The molecule has 0 spiro atoms. The van der Waals surface area contributed by atoms with Crippen LogP contribution in [0.25, 0.3) is 5.57 Å². The Kier molecular flexibility index (Phi) is 6.09. The molecule has 0 nitrogen and oxygen atoms in total. The first kappa shape index (κ1) is 19.4.